The predicted molar refractivity (Wildman–Crippen MR) is 182 cm³/mol. The summed E-state index contributed by atoms with van der Waals surface area (Å²) in [5.41, 5.74) is -7.21. The zero-order valence-electron chi connectivity index (χ0n) is 30.4. The van der Waals surface area contributed by atoms with Crippen LogP contribution in [0, 0.1) is 0 Å². The summed E-state index contributed by atoms with van der Waals surface area (Å²) in [5, 5.41) is 23.0. The van der Waals surface area contributed by atoms with Gasteiger partial charge in [0.15, 0.2) is 5.78 Å². The number of ether oxygens (including phenoxy) is 4. The zero-order valence-corrected chi connectivity index (χ0v) is 30.4. The van der Waals surface area contributed by atoms with Gasteiger partial charge in [-0.3, -0.25) is 9.59 Å². The molecule has 2 N–H and O–H groups in total. The maximum absolute atomic E-state index is 14.1. The van der Waals surface area contributed by atoms with E-state index in [0.29, 0.717) is 0 Å². The van der Waals surface area contributed by atoms with Crippen LogP contribution in [-0.4, -0.2) is 68.1 Å². The second-order valence-electron chi connectivity index (χ2n) is 15.6. The molecule has 2 aromatic rings. The van der Waals surface area contributed by atoms with Crippen LogP contribution in [0.3, 0.4) is 0 Å². The highest BCUT2D eigenvalue weighted by molar-refractivity contribution is 6.32. The normalized spacial score (nSPS) is 14.0. The molecule has 12 nitrogen and oxygen atoms in total. The largest absolute Gasteiger partial charge is 0.506 e. The van der Waals surface area contributed by atoms with Gasteiger partial charge in [-0.05, 0) is 107 Å². The zero-order chi connectivity index (χ0) is 38.3. The lowest BCUT2D eigenvalue weighted by Gasteiger charge is -2.25. The SMILES string of the molecule is CC(C)(C)OC(=O)/C=C(\C(=O)OC(C)(C)C)c1ccc2c(c1O)C(=O)c1c(ccc(/C(=C\C(=O)OC(C)(C)C)C(=O)OC(C)(C)C)c1O)C2=O. The van der Waals surface area contributed by atoms with Crippen molar-refractivity contribution >= 4 is 46.6 Å². The number of carbonyl (C=O) groups excluding carboxylic acids is 6. The Balaban J connectivity index is 2.28. The van der Waals surface area contributed by atoms with E-state index in [1.165, 1.54) is 24.3 Å². The van der Waals surface area contributed by atoms with E-state index in [2.05, 4.69) is 0 Å². The molecule has 0 bridgehead atoms. The molecular formula is C38H44O12. The van der Waals surface area contributed by atoms with E-state index < -0.39 is 91.6 Å². The lowest BCUT2D eigenvalue weighted by atomic mass is 9.80. The minimum atomic E-state index is -1.05. The fraction of sp³-hybridized carbons (Fsp3) is 0.421. The third-order valence-electron chi connectivity index (χ3n) is 6.46. The molecule has 0 amide bonds. The number of aromatic hydroxyl groups is 2. The number of carbonyl (C=O) groups is 6. The maximum Gasteiger partial charge on any atom is 0.339 e. The molecule has 0 atom stereocenters. The minimum absolute atomic E-state index is 0.256. The molecule has 268 valence electrons. The van der Waals surface area contributed by atoms with E-state index in [9.17, 15) is 39.0 Å². The van der Waals surface area contributed by atoms with Crippen molar-refractivity contribution in [1.29, 1.82) is 0 Å². The van der Waals surface area contributed by atoms with Crippen molar-refractivity contribution in [3.8, 4) is 11.5 Å². The Morgan fingerprint density at radius 2 is 0.800 bits per heavy atom. The Morgan fingerprint density at radius 3 is 1.08 bits per heavy atom. The third kappa shape index (κ3) is 9.46. The first kappa shape index (κ1) is 39.2. The van der Waals surface area contributed by atoms with Gasteiger partial charge in [0.2, 0.25) is 5.78 Å². The van der Waals surface area contributed by atoms with Gasteiger partial charge in [-0.1, -0.05) is 0 Å². The van der Waals surface area contributed by atoms with Crippen LogP contribution in [0.5, 0.6) is 11.5 Å². The summed E-state index contributed by atoms with van der Waals surface area (Å²) in [4.78, 5) is 80.2. The average molecular weight is 693 g/mol. The lowest BCUT2D eigenvalue weighted by Crippen LogP contribution is -2.27. The highest BCUT2D eigenvalue weighted by atomic mass is 16.6. The summed E-state index contributed by atoms with van der Waals surface area (Å²) in [7, 11) is 0. The first-order valence-electron chi connectivity index (χ1n) is 15.8. The molecule has 0 spiro atoms. The number of esters is 4. The number of phenols is 2. The number of hydrogen-bond acceptors (Lipinski definition) is 12. The van der Waals surface area contributed by atoms with Crippen LogP contribution in [0.25, 0.3) is 11.1 Å². The van der Waals surface area contributed by atoms with Gasteiger partial charge in [-0.15, -0.1) is 0 Å². The fourth-order valence-corrected chi connectivity index (χ4v) is 4.78. The summed E-state index contributed by atoms with van der Waals surface area (Å²) in [6, 6.07) is 4.76. The fourth-order valence-electron chi connectivity index (χ4n) is 4.78. The van der Waals surface area contributed by atoms with Gasteiger partial charge in [-0.2, -0.15) is 0 Å². The van der Waals surface area contributed by atoms with Crippen LogP contribution < -0.4 is 0 Å². The number of rotatable bonds is 6. The Kier molecular flexibility index (Phi) is 10.6. The summed E-state index contributed by atoms with van der Waals surface area (Å²) in [6.07, 6.45) is 1.63. The topological polar surface area (TPSA) is 180 Å². The highest BCUT2D eigenvalue weighted by Crippen LogP contribution is 2.43. The molecule has 2 aromatic carbocycles. The van der Waals surface area contributed by atoms with Crippen molar-refractivity contribution in [3.05, 3.63) is 69.8 Å². The van der Waals surface area contributed by atoms with E-state index in [1.807, 2.05) is 0 Å². The van der Waals surface area contributed by atoms with Crippen molar-refractivity contribution in [1.82, 2.24) is 0 Å². The molecule has 0 saturated heterocycles. The minimum Gasteiger partial charge on any atom is -0.506 e. The first-order valence-corrected chi connectivity index (χ1v) is 15.8. The van der Waals surface area contributed by atoms with Gasteiger partial charge < -0.3 is 29.2 Å². The lowest BCUT2D eigenvalue weighted by molar-refractivity contribution is -0.150. The molecule has 1 aliphatic rings. The van der Waals surface area contributed by atoms with Crippen LogP contribution in [0.15, 0.2) is 36.4 Å². The number of benzene rings is 2. The quantitative estimate of drug-likeness (QED) is 0.175. The molecule has 0 fully saturated rings. The first-order chi connectivity index (χ1) is 22.6. The van der Waals surface area contributed by atoms with Crippen LogP contribution >= 0.6 is 0 Å². The van der Waals surface area contributed by atoms with Crippen LogP contribution in [0.1, 0.15) is 126 Å². The standard InChI is InChI=1S/C38H44O12/c1-35(2,3)47-25(39)17-23(33(45)49-37(7,8)9)19-13-15-21-27(30(19)42)32(44)28-22(29(21)41)16-14-20(31(28)43)24(34(46)50-38(10,11)12)18-26(40)48-36(4,5)6/h13-18,42-43H,1-12H3/b23-17-,24-18+. The molecule has 3 rings (SSSR count). The summed E-state index contributed by atoms with van der Waals surface area (Å²) in [5.74, 6) is -7.49. The van der Waals surface area contributed by atoms with Crippen molar-refractivity contribution in [2.75, 3.05) is 0 Å². The van der Waals surface area contributed by atoms with Gasteiger partial charge >= 0.3 is 23.9 Å². The Hall–Kier alpha value is -5.26. The molecule has 50 heavy (non-hydrogen) atoms. The Labute approximate surface area is 291 Å². The number of hydrogen-bond donors (Lipinski definition) is 2. The highest BCUT2D eigenvalue weighted by Gasteiger charge is 2.38. The molecule has 0 saturated carbocycles. The van der Waals surface area contributed by atoms with Crippen LogP contribution in [-0.2, 0) is 38.1 Å². The number of fused-ring (bicyclic) bond motifs is 2. The molecule has 0 unspecified atom stereocenters. The molecule has 0 aromatic heterocycles. The predicted octanol–water partition coefficient (Wildman–Crippen LogP) is 6.01. The average Bonchev–Trinajstić information content (AvgIpc) is 2.89. The third-order valence-corrected chi connectivity index (χ3v) is 6.46. The summed E-state index contributed by atoms with van der Waals surface area (Å²) >= 11 is 0. The van der Waals surface area contributed by atoms with E-state index in [0.717, 1.165) is 12.2 Å². The molecular weight excluding hydrogens is 648 g/mol. The second kappa shape index (κ2) is 13.6. The van der Waals surface area contributed by atoms with E-state index in [4.69, 9.17) is 18.9 Å². The smallest absolute Gasteiger partial charge is 0.339 e. The van der Waals surface area contributed by atoms with Crippen LogP contribution in [0.2, 0.25) is 0 Å². The molecule has 0 radical (unpaired) electrons. The second-order valence-corrected chi connectivity index (χ2v) is 15.6. The number of ketones is 2. The van der Waals surface area contributed by atoms with Crippen molar-refractivity contribution in [3.63, 3.8) is 0 Å². The van der Waals surface area contributed by atoms with Crippen LogP contribution in [0.4, 0.5) is 0 Å². The van der Waals surface area contributed by atoms with Gasteiger partial charge in [0.1, 0.15) is 33.9 Å². The molecule has 12 heteroatoms. The Bertz CT molecular complexity index is 1710. The molecule has 0 aliphatic heterocycles. The maximum atomic E-state index is 14.1. The van der Waals surface area contributed by atoms with Gasteiger partial charge in [0.05, 0.1) is 22.3 Å². The molecule has 1 aliphatic carbocycles. The van der Waals surface area contributed by atoms with Crippen molar-refractivity contribution in [2.24, 2.45) is 0 Å². The Morgan fingerprint density at radius 1 is 0.500 bits per heavy atom. The van der Waals surface area contributed by atoms with E-state index >= 15 is 0 Å². The monoisotopic (exact) mass is 692 g/mol. The number of phenolic OH excluding ortho intramolecular Hbond substituents is 2. The molecule has 0 heterocycles. The van der Waals surface area contributed by atoms with Gasteiger partial charge in [0.25, 0.3) is 0 Å². The van der Waals surface area contributed by atoms with Gasteiger partial charge in [0, 0.05) is 34.4 Å². The summed E-state index contributed by atoms with van der Waals surface area (Å²) < 4.78 is 21.6. The van der Waals surface area contributed by atoms with Crippen molar-refractivity contribution in [2.45, 2.75) is 105 Å². The van der Waals surface area contributed by atoms with E-state index in [1.54, 1.807) is 83.1 Å². The van der Waals surface area contributed by atoms with E-state index in [-0.39, 0.29) is 22.3 Å². The van der Waals surface area contributed by atoms with Gasteiger partial charge in [-0.25, -0.2) is 19.2 Å². The van der Waals surface area contributed by atoms with Crippen molar-refractivity contribution < 1.29 is 57.9 Å². The summed E-state index contributed by atoms with van der Waals surface area (Å²) in [6.45, 7) is 19.2.